The first kappa shape index (κ1) is 27.2. The summed E-state index contributed by atoms with van der Waals surface area (Å²) in [4.78, 5) is 28.3. The van der Waals surface area contributed by atoms with Crippen LogP contribution in [0.15, 0.2) is 70.2 Å². The molecule has 0 unspecified atom stereocenters. The molecule has 0 fully saturated rings. The lowest BCUT2D eigenvalue weighted by Gasteiger charge is -2.30. The lowest BCUT2D eigenvalue weighted by atomic mass is 9.95. The van der Waals surface area contributed by atoms with E-state index in [1.54, 1.807) is 47.6 Å². The lowest BCUT2D eigenvalue weighted by molar-refractivity contribution is 0.0734. The second-order valence-electron chi connectivity index (χ2n) is 9.83. The summed E-state index contributed by atoms with van der Waals surface area (Å²) in [6.45, 7) is 2.59. The van der Waals surface area contributed by atoms with Crippen LogP contribution in [0, 0.1) is 0 Å². The zero-order valence-corrected chi connectivity index (χ0v) is 23.7. The maximum absolute atomic E-state index is 13.2. The molecule has 39 heavy (non-hydrogen) atoms. The number of halogens is 2. The highest BCUT2D eigenvalue weighted by Crippen LogP contribution is 2.35. The van der Waals surface area contributed by atoms with Crippen LogP contribution in [0.2, 0.25) is 10.0 Å². The quantitative estimate of drug-likeness (QED) is 0.313. The SMILES string of the molecule is C[C@H](Cc1cccc(S(C)(=O)=O)c1)NC(=O)c1c(Cl)cc2c(c1Cl)CCN(C(=O)c1ccc3ccoc3c1)C2. The molecule has 1 aromatic heterocycles. The molecule has 5 rings (SSSR count). The summed E-state index contributed by atoms with van der Waals surface area (Å²) in [5, 5.41) is 4.33. The number of fused-ring (bicyclic) bond motifs is 2. The Bertz CT molecular complexity index is 1710. The number of nitrogens with one attached hydrogen (secondary N) is 1. The van der Waals surface area contributed by atoms with Gasteiger partial charge in [-0.2, -0.15) is 0 Å². The highest BCUT2D eigenvalue weighted by molar-refractivity contribution is 7.90. The van der Waals surface area contributed by atoms with E-state index in [0.29, 0.717) is 37.1 Å². The smallest absolute Gasteiger partial charge is 0.254 e. The highest BCUT2D eigenvalue weighted by Gasteiger charge is 2.28. The molecule has 1 aliphatic heterocycles. The summed E-state index contributed by atoms with van der Waals surface area (Å²) < 4.78 is 29.2. The molecule has 0 saturated carbocycles. The van der Waals surface area contributed by atoms with Gasteiger partial charge < -0.3 is 14.6 Å². The van der Waals surface area contributed by atoms with Crippen molar-refractivity contribution in [1.82, 2.24) is 10.2 Å². The number of hydrogen-bond acceptors (Lipinski definition) is 5. The van der Waals surface area contributed by atoms with Crippen molar-refractivity contribution in [2.24, 2.45) is 0 Å². The van der Waals surface area contributed by atoms with Crippen LogP contribution in [0.4, 0.5) is 0 Å². The van der Waals surface area contributed by atoms with Crippen molar-refractivity contribution in [2.45, 2.75) is 37.2 Å². The molecule has 4 aromatic rings. The maximum Gasteiger partial charge on any atom is 0.254 e. The van der Waals surface area contributed by atoms with Crippen molar-refractivity contribution in [1.29, 1.82) is 0 Å². The van der Waals surface area contributed by atoms with Crippen molar-refractivity contribution >= 4 is 55.8 Å². The van der Waals surface area contributed by atoms with Crippen LogP contribution in [0.25, 0.3) is 11.0 Å². The molecule has 202 valence electrons. The van der Waals surface area contributed by atoms with Gasteiger partial charge in [-0.15, -0.1) is 0 Å². The predicted octanol–water partition coefficient (Wildman–Crippen LogP) is 5.70. The Labute approximate surface area is 236 Å². The molecular formula is C29H26Cl2N2O5S. The normalized spacial score (nSPS) is 14.2. The van der Waals surface area contributed by atoms with Crippen molar-refractivity contribution in [3.8, 4) is 0 Å². The zero-order valence-electron chi connectivity index (χ0n) is 21.3. The van der Waals surface area contributed by atoms with Gasteiger partial charge in [0.25, 0.3) is 11.8 Å². The van der Waals surface area contributed by atoms with Crippen LogP contribution in [-0.2, 0) is 29.2 Å². The minimum Gasteiger partial charge on any atom is -0.464 e. The third kappa shape index (κ3) is 5.69. The van der Waals surface area contributed by atoms with Gasteiger partial charge in [-0.05, 0) is 72.9 Å². The Morgan fingerprint density at radius 3 is 2.67 bits per heavy atom. The molecule has 2 heterocycles. The topological polar surface area (TPSA) is 96.7 Å². The van der Waals surface area contributed by atoms with Gasteiger partial charge in [0.2, 0.25) is 0 Å². The Morgan fingerprint density at radius 1 is 1.10 bits per heavy atom. The first-order valence-electron chi connectivity index (χ1n) is 12.4. The van der Waals surface area contributed by atoms with E-state index < -0.39 is 15.7 Å². The fourth-order valence-electron chi connectivity index (χ4n) is 4.91. The van der Waals surface area contributed by atoms with E-state index in [1.807, 2.05) is 25.1 Å². The molecule has 1 atom stereocenters. The summed E-state index contributed by atoms with van der Waals surface area (Å²) in [5.41, 5.74) is 3.75. The zero-order chi connectivity index (χ0) is 27.9. The van der Waals surface area contributed by atoms with Gasteiger partial charge in [0.1, 0.15) is 5.58 Å². The number of nitrogens with zero attached hydrogens (tertiary/aromatic N) is 1. The van der Waals surface area contributed by atoms with Crippen molar-refractivity contribution in [2.75, 3.05) is 12.8 Å². The van der Waals surface area contributed by atoms with E-state index in [0.717, 1.165) is 28.3 Å². The van der Waals surface area contributed by atoms with Gasteiger partial charge in [-0.25, -0.2) is 8.42 Å². The number of amides is 2. The third-order valence-electron chi connectivity index (χ3n) is 6.87. The van der Waals surface area contributed by atoms with Gasteiger partial charge >= 0.3 is 0 Å². The fourth-order valence-corrected chi connectivity index (χ4v) is 6.36. The molecule has 10 heteroatoms. The van der Waals surface area contributed by atoms with Crippen LogP contribution in [0.1, 0.15) is 44.3 Å². The molecule has 0 spiro atoms. The summed E-state index contributed by atoms with van der Waals surface area (Å²) in [7, 11) is -3.33. The Kier molecular flexibility index (Phi) is 7.46. The molecule has 0 radical (unpaired) electrons. The van der Waals surface area contributed by atoms with Crippen LogP contribution < -0.4 is 5.32 Å². The molecule has 3 aromatic carbocycles. The Hall–Kier alpha value is -3.33. The van der Waals surface area contributed by atoms with E-state index in [-0.39, 0.29) is 32.5 Å². The van der Waals surface area contributed by atoms with Crippen LogP contribution in [-0.4, -0.2) is 44.0 Å². The molecular weight excluding hydrogens is 559 g/mol. The summed E-state index contributed by atoms with van der Waals surface area (Å²) in [6, 6.07) is 15.2. The molecule has 0 aliphatic carbocycles. The van der Waals surface area contributed by atoms with E-state index in [4.69, 9.17) is 27.6 Å². The van der Waals surface area contributed by atoms with Crippen LogP contribution in [0.3, 0.4) is 0 Å². The van der Waals surface area contributed by atoms with Crippen molar-refractivity contribution < 1.29 is 22.4 Å². The largest absolute Gasteiger partial charge is 0.464 e. The number of carbonyl (C=O) groups is 2. The highest BCUT2D eigenvalue weighted by atomic mass is 35.5. The number of rotatable bonds is 6. The van der Waals surface area contributed by atoms with Crippen LogP contribution >= 0.6 is 23.2 Å². The number of hydrogen-bond donors (Lipinski definition) is 1. The van der Waals surface area contributed by atoms with E-state index in [1.165, 1.54) is 0 Å². The standard InChI is InChI=1S/C29H26Cl2N2O5S/c1-17(12-18-4-3-5-22(13-18)39(2,36)37)32-28(34)26-24(30)14-21-16-33(10-8-23(21)27(26)31)29(35)20-7-6-19-9-11-38-25(19)15-20/h3-7,9,11,13-15,17H,8,10,12,16H2,1-2H3,(H,32,34)/t17-/m1/s1. The van der Waals surface area contributed by atoms with Gasteiger partial charge in [0.15, 0.2) is 9.84 Å². The Morgan fingerprint density at radius 2 is 1.90 bits per heavy atom. The first-order chi connectivity index (χ1) is 18.5. The van der Waals surface area contributed by atoms with Crippen molar-refractivity contribution in [3.05, 3.63) is 98.7 Å². The first-order valence-corrected chi connectivity index (χ1v) is 15.0. The number of sulfone groups is 1. The second-order valence-corrected chi connectivity index (χ2v) is 12.6. The molecule has 0 bridgehead atoms. The van der Waals surface area contributed by atoms with Crippen LogP contribution in [0.5, 0.6) is 0 Å². The molecule has 7 nitrogen and oxygen atoms in total. The molecule has 2 amide bonds. The van der Waals surface area contributed by atoms with Gasteiger partial charge in [-0.3, -0.25) is 9.59 Å². The third-order valence-corrected chi connectivity index (χ3v) is 8.69. The van der Waals surface area contributed by atoms with E-state index in [2.05, 4.69) is 5.32 Å². The predicted molar refractivity (Wildman–Crippen MR) is 151 cm³/mol. The average molecular weight is 586 g/mol. The minimum atomic E-state index is -3.33. The number of carbonyl (C=O) groups excluding carboxylic acids is 2. The van der Waals surface area contributed by atoms with E-state index in [9.17, 15) is 18.0 Å². The van der Waals surface area contributed by atoms with Gasteiger partial charge in [0.05, 0.1) is 26.8 Å². The summed E-state index contributed by atoms with van der Waals surface area (Å²) in [6.07, 6.45) is 3.65. The van der Waals surface area contributed by atoms with Gasteiger partial charge in [0, 0.05) is 36.3 Å². The summed E-state index contributed by atoms with van der Waals surface area (Å²) >= 11 is 13.3. The molecule has 1 aliphatic rings. The number of benzene rings is 3. The average Bonchev–Trinajstić information content (AvgIpc) is 3.35. The fraction of sp³-hybridized carbons (Fsp3) is 0.241. The minimum absolute atomic E-state index is 0.123. The van der Waals surface area contributed by atoms with Crippen molar-refractivity contribution in [3.63, 3.8) is 0 Å². The maximum atomic E-state index is 13.2. The molecule has 0 saturated heterocycles. The Balaban J connectivity index is 1.30. The number of furan rings is 1. The van der Waals surface area contributed by atoms with Gasteiger partial charge in [-0.1, -0.05) is 41.4 Å². The van der Waals surface area contributed by atoms with E-state index >= 15 is 0 Å². The molecule has 1 N–H and O–H groups in total. The second kappa shape index (κ2) is 10.7. The lowest BCUT2D eigenvalue weighted by Crippen LogP contribution is -2.37. The summed E-state index contributed by atoms with van der Waals surface area (Å²) in [5.74, 6) is -0.536. The monoisotopic (exact) mass is 584 g/mol.